The Bertz CT molecular complexity index is 906. The van der Waals surface area contributed by atoms with Crippen molar-refractivity contribution >= 4 is 5.95 Å². The number of ether oxygens (including phenoxy) is 1. The van der Waals surface area contributed by atoms with Crippen molar-refractivity contribution in [2.45, 2.75) is 32.4 Å². The fourth-order valence-corrected chi connectivity index (χ4v) is 3.03. The maximum Gasteiger partial charge on any atom is 0.223 e. The average Bonchev–Trinajstić information content (AvgIpc) is 3.31. The number of benzene rings is 1. The number of nitrogens with one attached hydrogen (secondary N) is 1. The van der Waals surface area contributed by atoms with Crippen LogP contribution in [-0.4, -0.2) is 21.7 Å². The van der Waals surface area contributed by atoms with Gasteiger partial charge in [0.1, 0.15) is 11.9 Å². The fourth-order valence-electron chi connectivity index (χ4n) is 3.03. The number of anilines is 1. The van der Waals surface area contributed by atoms with Gasteiger partial charge in [-0.2, -0.15) is 0 Å². The van der Waals surface area contributed by atoms with Crippen LogP contribution in [0.1, 0.15) is 35.9 Å². The van der Waals surface area contributed by atoms with Gasteiger partial charge in [0, 0.05) is 25.4 Å². The predicted molar refractivity (Wildman–Crippen MR) is 93.9 cm³/mol. The van der Waals surface area contributed by atoms with Gasteiger partial charge >= 0.3 is 0 Å². The van der Waals surface area contributed by atoms with Crippen LogP contribution in [0.15, 0.2) is 41.1 Å². The van der Waals surface area contributed by atoms with Gasteiger partial charge in [0.25, 0.3) is 0 Å². The van der Waals surface area contributed by atoms with Crippen molar-refractivity contribution in [2.24, 2.45) is 0 Å². The minimum absolute atomic E-state index is 0.0897. The Morgan fingerprint density at radius 3 is 2.96 bits per heavy atom. The first kappa shape index (κ1) is 16.7. The lowest BCUT2D eigenvalue weighted by Gasteiger charge is -2.14. The summed E-state index contributed by atoms with van der Waals surface area (Å²) >= 11 is 0. The molecule has 1 fully saturated rings. The Hall–Kier alpha value is -2.80. The maximum absolute atomic E-state index is 13.3. The first-order valence-corrected chi connectivity index (χ1v) is 8.59. The summed E-state index contributed by atoms with van der Waals surface area (Å²) in [6.45, 7) is 3.02. The first-order valence-electron chi connectivity index (χ1n) is 8.59. The normalized spacial score (nSPS) is 16.8. The zero-order valence-electron chi connectivity index (χ0n) is 14.4. The van der Waals surface area contributed by atoms with Gasteiger partial charge in [0.2, 0.25) is 5.95 Å². The summed E-state index contributed by atoms with van der Waals surface area (Å²) in [7, 11) is 0. The van der Waals surface area contributed by atoms with E-state index < -0.39 is 0 Å². The molecule has 0 aliphatic carbocycles. The molecule has 0 unspecified atom stereocenters. The Morgan fingerprint density at radius 1 is 1.31 bits per heavy atom. The second kappa shape index (κ2) is 7.21. The van der Waals surface area contributed by atoms with Gasteiger partial charge in [-0.3, -0.25) is 0 Å². The highest BCUT2D eigenvalue weighted by molar-refractivity contribution is 5.61. The molecule has 4 rings (SSSR count). The lowest BCUT2D eigenvalue weighted by atomic mass is 10.1. The van der Waals surface area contributed by atoms with Crippen molar-refractivity contribution in [1.82, 2.24) is 15.1 Å². The van der Waals surface area contributed by atoms with Crippen LogP contribution in [0.2, 0.25) is 0 Å². The summed E-state index contributed by atoms with van der Waals surface area (Å²) in [5.74, 6) is 0.839. The highest BCUT2D eigenvalue weighted by Gasteiger charge is 2.25. The average molecular weight is 354 g/mol. The standard InChI is InChI=1S/C19H19FN4O2/c1-12-8-17(26-24-12)15-11-22-19(23-18(15)16-6-3-7-25-16)21-10-13-4-2-5-14(20)9-13/h2,4-5,8-9,11,16H,3,6-7,10H2,1H3,(H,21,22,23)/t16-/m0/s1. The first-order chi connectivity index (χ1) is 12.7. The van der Waals surface area contributed by atoms with Crippen molar-refractivity contribution < 1.29 is 13.7 Å². The molecular weight excluding hydrogens is 335 g/mol. The molecule has 1 N–H and O–H groups in total. The van der Waals surface area contributed by atoms with Crippen molar-refractivity contribution in [3.05, 3.63) is 59.3 Å². The van der Waals surface area contributed by atoms with Crippen LogP contribution in [0.25, 0.3) is 11.3 Å². The molecule has 0 spiro atoms. The molecule has 0 amide bonds. The molecule has 0 saturated carbocycles. The number of hydrogen-bond acceptors (Lipinski definition) is 6. The topological polar surface area (TPSA) is 73.1 Å². The van der Waals surface area contributed by atoms with E-state index in [-0.39, 0.29) is 11.9 Å². The molecule has 7 heteroatoms. The third-order valence-corrected chi connectivity index (χ3v) is 4.29. The zero-order valence-corrected chi connectivity index (χ0v) is 14.4. The van der Waals surface area contributed by atoms with Gasteiger partial charge < -0.3 is 14.6 Å². The minimum Gasteiger partial charge on any atom is -0.372 e. The van der Waals surface area contributed by atoms with Crippen LogP contribution in [0.4, 0.5) is 10.3 Å². The Labute approximate surface area is 150 Å². The largest absolute Gasteiger partial charge is 0.372 e. The van der Waals surface area contributed by atoms with Crippen LogP contribution in [-0.2, 0) is 11.3 Å². The Morgan fingerprint density at radius 2 is 2.23 bits per heavy atom. The molecule has 1 saturated heterocycles. The zero-order chi connectivity index (χ0) is 17.9. The molecule has 3 aromatic rings. The summed E-state index contributed by atoms with van der Waals surface area (Å²) in [4.78, 5) is 9.02. The number of halogens is 1. The molecule has 134 valence electrons. The highest BCUT2D eigenvalue weighted by atomic mass is 19.1. The van der Waals surface area contributed by atoms with Crippen molar-refractivity contribution in [1.29, 1.82) is 0 Å². The smallest absolute Gasteiger partial charge is 0.223 e. The number of aryl methyl sites for hydroxylation is 1. The molecule has 1 aliphatic rings. The summed E-state index contributed by atoms with van der Waals surface area (Å²) in [6, 6.07) is 8.30. The summed E-state index contributed by atoms with van der Waals surface area (Å²) in [5.41, 5.74) is 3.19. The second-order valence-corrected chi connectivity index (χ2v) is 6.31. The molecule has 1 atom stereocenters. The third kappa shape index (κ3) is 3.57. The van der Waals surface area contributed by atoms with Crippen LogP contribution >= 0.6 is 0 Å². The molecule has 1 aromatic carbocycles. The molecule has 6 nitrogen and oxygen atoms in total. The van der Waals surface area contributed by atoms with Gasteiger partial charge in [-0.1, -0.05) is 17.3 Å². The number of nitrogens with zero attached hydrogens (tertiary/aromatic N) is 3. The minimum atomic E-state index is -0.263. The lowest BCUT2D eigenvalue weighted by Crippen LogP contribution is -2.09. The molecule has 3 heterocycles. The van der Waals surface area contributed by atoms with Crippen molar-refractivity contribution in [2.75, 3.05) is 11.9 Å². The Kier molecular flexibility index (Phi) is 4.62. The number of hydrogen-bond donors (Lipinski definition) is 1. The van der Waals surface area contributed by atoms with Gasteiger partial charge in [0.05, 0.1) is 17.0 Å². The summed E-state index contributed by atoms with van der Waals surface area (Å²) < 4.78 is 24.5. The van der Waals surface area contributed by atoms with Crippen LogP contribution in [0.5, 0.6) is 0 Å². The van der Waals surface area contributed by atoms with E-state index in [2.05, 4.69) is 20.4 Å². The molecular formula is C19H19FN4O2. The summed E-state index contributed by atoms with van der Waals surface area (Å²) in [5, 5.41) is 7.09. The van der Waals surface area contributed by atoms with E-state index in [1.807, 2.05) is 19.1 Å². The summed E-state index contributed by atoms with van der Waals surface area (Å²) in [6.07, 6.45) is 3.53. The van der Waals surface area contributed by atoms with E-state index in [1.54, 1.807) is 12.3 Å². The quantitative estimate of drug-likeness (QED) is 0.745. The van der Waals surface area contributed by atoms with E-state index >= 15 is 0 Å². The molecule has 1 aliphatic heterocycles. The monoisotopic (exact) mass is 354 g/mol. The van der Waals surface area contributed by atoms with Gasteiger partial charge in [-0.25, -0.2) is 14.4 Å². The molecule has 0 radical (unpaired) electrons. The third-order valence-electron chi connectivity index (χ3n) is 4.29. The molecule has 2 aromatic heterocycles. The Balaban J connectivity index is 1.61. The SMILES string of the molecule is Cc1cc(-c2cnc(NCc3cccc(F)c3)nc2[C@@H]2CCCO2)on1. The second-order valence-electron chi connectivity index (χ2n) is 6.31. The van der Waals surface area contributed by atoms with Gasteiger partial charge in [-0.15, -0.1) is 0 Å². The van der Waals surface area contributed by atoms with E-state index in [9.17, 15) is 4.39 Å². The highest BCUT2D eigenvalue weighted by Crippen LogP contribution is 2.34. The number of rotatable bonds is 5. The fraction of sp³-hybridized carbons (Fsp3) is 0.316. The van der Waals surface area contributed by atoms with E-state index in [0.717, 1.165) is 42.0 Å². The van der Waals surface area contributed by atoms with Crippen LogP contribution in [0.3, 0.4) is 0 Å². The van der Waals surface area contributed by atoms with Crippen molar-refractivity contribution in [3.63, 3.8) is 0 Å². The van der Waals surface area contributed by atoms with Crippen LogP contribution in [0, 0.1) is 12.7 Å². The van der Waals surface area contributed by atoms with E-state index in [1.165, 1.54) is 12.1 Å². The molecule has 26 heavy (non-hydrogen) atoms. The van der Waals surface area contributed by atoms with Gasteiger partial charge in [-0.05, 0) is 37.5 Å². The van der Waals surface area contributed by atoms with Crippen LogP contribution < -0.4 is 5.32 Å². The van der Waals surface area contributed by atoms with Gasteiger partial charge in [0.15, 0.2) is 5.76 Å². The number of aromatic nitrogens is 3. The lowest BCUT2D eigenvalue weighted by molar-refractivity contribution is 0.109. The van der Waals surface area contributed by atoms with Crippen molar-refractivity contribution in [3.8, 4) is 11.3 Å². The maximum atomic E-state index is 13.3. The van der Waals surface area contributed by atoms with E-state index in [4.69, 9.17) is 9.26 Å². The molecule has 0 bridgehead atoms. The van der Waals surface area contributed by atoms with E-state index in [0.29, 0.717) is 18.3 Å². The predicted octanol–water partition coefficient (Wildman–Crippen LogP) is 4.04.